The van der Waals surface area contributed by atoms with Crippen LogP contribution in [0.25, 0.3) is 10.8 Å². The number of imidazole rings is 1. The molecule has 0 radical (unpaired) electrons. The molecule has 4 rings (SSSR count). The Labute approximate surface area is 182 Å². The Hall–Kier alpha value is -3.35. The van der Waals surface area contributed by atoms with Gasteiger partial charge in [-0.2, -0.15) is 0 Å². The fraction of sp³-hybridized carbons (Fsp3) is 0.240. The van der Waals surface area contributed by atoms with E-state index < -0.39 is 6.10 Å². The first kappa shape index (κ1) is 20.9. The van der Waals surface area contributed by atoms with Crippen LogP contribution < -0.4 is 14.8 Å². The second-order valence-electron chi connectivity index (χ2n) is 7.46. The molecule has 0 saturated heterocycles. The number of benzene rings is 3. The number of aliphatic hydroxyl groups excluding tert-OH is 1. The highest BCUT2D eigenvalue weighted by Gasteiger charge is 2.20. The third-order valence-electron chi connectivity index (χ3n) is 5.28. The highest BCUT2D eigenvalue weighted by molar-refractivity contribution is 5.88. The summed E-state index contributed by atoms with van der Waals surface area (Å²) in [6.07, 6.45) is 2.99. The zero-order valence-electron chi connectivity index (χ0n) is 17.7. The normalized spacial score (nSPS) is 13.1. The van der Waals surface area contributed by atoms with Gasteiger partial charge < -0.3 is 24.5 Å². The lowest BCUT2D eigenvalue weighted by atomic mass is 10.1. The van der Waals surface area contributed by atoms with Gasteiger partial charge in [-0.25, -0.2) is 4.98 Å². The first-order chi connectivity index (χ1) is 15.2. The molecule has 0 amide bonds. The Morgan fingerprint density at radius 1 is 1.06 bits per heavy atom. The molecule has 0 aliphatic carbocycles. The van der Waals surface area contributed by atoms with Crippen molar-refractivity contribution >= 4 is 10.8 Å². The Kier molecular flexibility index (Phi) is 6.50. The van der Waals surface area contributed by atoms with Crippen molar-refractivity contribution in [1.29, 1.82) is 0 Å². The van der Waals surface area contributed by atoms with Gasteiger partial charge >= 0.3 is 0 Å². The molecular formula is C25H27N3O3. The van der Waals surface area contributed by atoms with Crippen molar-refractivity contribution in [2.75, 3.05) is 20.3 Å². The predicted octanol–water partition coefficient (Wildman–Crippen LogP) is 3.70. The average molecular weight is 418 g/mol. The van der Waals surface area contributed by atoms with Gasteiger partial charge in [-0.15, -0.1) is 0 Å². The molecule has 0 fully saturated rings. The van der Waals surface area contributed by atoms with Crippen molar-refractivity contribution < 1.29 is 14.6 Å². The summed E-state index contributed by atoms with van der Waals surface area (Å²) in [6.45, 7) is 0.534. The van der Waals surface area contributed by atoms with Gasteiger partial charge in [-0.05, 0) is 29.1 Å². The maximum absolute atomic E-state index is 10.6. The number of aliphatic hydroxyl groups is 1. The summed E-state index contributed by atoms with van der Waals surface area (Å²) in [5.41, 5.74) is 1.01. The van der Waals surface area contributed by atoms with Crippen LogP contribution in [0.15, 0.2) is 79.1 Å². The molecule has 6 nitrogen and oxygen atoms in total. The van der Waals surface area contributed by atoms with E-state index in [1.54, 1.807) is 13.3 Å². The van der Waals surface area contributed by atoms with Gasteiger partial charge in [0.25, 0.3) is 0 Å². The SMILES string of the molecule is COc1cccc(C(NCC(O)COc2cccc3ccccc23)c2nccn2C)c1. The highest BCUT2D eigenvalue weighted by Crippen LogP contribution is 2.26. The van der Waals surface area contributed by atoms with Crippen LogP contribution >= 0.6 is 0 Å². The molecule has 3 aromatic carbocycles. The van der Waals surface area contributed by atoms with Gasteiger partial charge in [-0.3, -0.25) is 0 Å². The zero-order chi connectivity index (χ0) is 21.6. The van der Waals surface area contributed by atoms with E-state index in [2.05, 4.69) is 10.3 Å². The first-order valence-corrected chi connectivity index (χ1v) is 10.3. The van der Waals surface area contributed by atoms with Crippen molar-refractivity contribution in [2.24, 2.45) is 7.05 Å². The molecule has 31 heavy (non-hydrogen) atoms. The number of fused-ring (bicyclic) bond motifs is 1. The first-order valence-electron chi connectivity index (χ1n) is 10.3. The lowest BCUT2D eigenvalue weighted by Crippen LogP contribution is -2.35. The second kappa shape index (κ2) is 9.64. The number of hydrogen-bond acceptors (Lipinski definition) is 5. The van der Waals surface area contributed by atoms with Crippen LogP contribution in [0.5, 0.6) is 11.5 Å². The third-order valence-corrected chi connectivity index (χ3v) is 5.28. The highest BCUT2D eigenvalue weighted by atomic mass is 16.5. The number of nitrogens with zero attached hydrogens (tertiary/aromatic N) is 2. The molecule has 2 atom stereocenters. The smallest absolute Gasteiger partial charge is 0.130 e. The fourth-order valence-corrected chi connectivity index (χ4v) is 3.65. The summed E-state index contributed by atoms with van der Waals surface area (Å²) < 4.78 is 13.3. The minimum Gasteiger partial charge on any atom is -0.497 e. The van der Waals surface area contributed by atoms with E-state index in [4.69, 9.17) is 9.47 Å². The largest absolute Gasteiger partial charge is 0.497 e. The van der Waals surface area contributed by atoms with Crippen LogP contribution in [0.2, 0.25) is 0 Å². The molecule has 0 bridgehead atoms. The van der Waals surface area contributed by atoms with Crippen molar-refractivity contribution in [3.8, 4) is 11.5 Å². The predicted molar refractivity (Wildman–Crippen MR) is 121 cm³/mol. The van der Waals surface area contributed by atoms with E-state index in [1.165, 1.54) is 0 Å². The molecule has 1 heterocycles. The Bertz CT molecular complexity index is 1140. The monoisotopic (exact) mass is 417 g/mol. The van der Waals surface area contributed by atoms with E-state index in [-0.39, 0.29) is 12.6 Å². The number of rotatable bonds is 9. The van der Waals surface area contributed by atoms with E-state index in [0.29, 0.717) is 6.54 Å². The van der Waals surface area contributed by atoms with E-state index in [0.717, 1.165) is 33.7 Å². The quantitative estimate of drug-likeness (QED) is 0.435. The number of methoxy groups -OCH3 is 1. The molecule has 0 aliphatic rings. The molecule has 2 N–H and O–H groups in total. The Morgan fingerprint density at radius 2 is 1.87 bits per heavy atom. The van der Waals surface area contributed by atoms with E-state index >= 15 is 0 Å². The van der Waals surface area contributed by atoms with Gasteiger partial charge in [0.1, 0.15) is 30.0 Å². The summed E-state index contributed by atoms with van der Waals surface area (Å²) in [6, 6.07) is 21.7. The molecule has 0 spiro atoms. The van der Waals surface area contributed by atoms with Gasteiger partial charge in [0.15, 0.2) is 0 Å². The van der Waals surface area contributed by atoms with Crippen molar-refractivity contribution in [3.05, 3.63) is 90.5 Å². The van der Waals surface area contributed by atoms with Crippen LogP contribution in [-0.2, 0) is 7.05 Å². The molecule has 6 heteroatoms. The van der Waals surface area contributed by atoms with Crippen molar-refractivity contribution in [2.45, 2.75) is 12.1 Å². The lowest BCUT2D eigenvalue weighted by molar-refractivity contribution is 0.105. The number of ether oxygens (including phenoxy) is 2. The Balaban J connectivity index is 1.45. The molecule has 0 saturated carbocycles. The summed E-state index contributed by atoms with van der Waals surface area (Å²) in [7, 11) is 3.61. The van der Waals surface area contributed by atoms with E-state index in [9.17, 15) is 5.11 Å². The average Bonchev–Trinajstić information content (AvgIpc) is 3.23. The number of nitrogens with one attached hydrogen (secondary N) is 1. The molecular weight excluding hydrogens is 390 g/mol. The minimum atomic E-state index is -0.688. The van der Waals surface area contributed by atoms with Crippen molar-refractivity contribution in [1.82, 2.24) is 14.9 Å². The van der Waals surface area contributed by atoms with Crippen LogP contribution in [0, 0.1) is 0 Å². The fourth-order valence-electron chi connectivity index (χ4n) is 3.65. The van der Waals surface area contributed by atoms with Gasteiger partial charge in [0.05, 0.1) is 13.2 Å². The van der Waals surface area contributed by atoms with Crippen LogP contribution in [-0.4, -0.2) is 41.0 Å². The van der Waals surface area contributed by atoms with Gasteiger partial charge in [0.2, 0.25) is 0 Å². The molecule has 1 aromatic heterocycles. The van der Waals surface area contributed by atoms with Gasteiger partial charge in [-0.1, -0.05) is 48.5 Å². The molecule has 4 aromatic rings. The van der Waals surface area contributed by atoms with E-state index in [1.807, 2.05) is 84.5 Å². The second-order valence-corrected chi connectivity index (χ2v) is 7.46. The molecule has 160 valence electrons. The zero-order valence-corrected chi connectivity index (χ0v) is 17.7. The summed E-state index contributed by atoms with van der Waals surface area (Å²) in [5, 5.41) is 16.2. The number of aryl methyl sites for hydroxylation is 1. The maximum Gasteiger partial charge on any atom is 0.130 e. The van der Waals surface area contributed by atoms with Gasteiger partial charge in [0, 0.05) is 31.4 Å². The summed E-state index contributed by atoms with van der Waals surface area (Å²) in [5.74, 6) is 2.40. The van der Waals surface area contributed by atoms with Crippen molar-refractivity contribution in [3.63, 3.8) is 0 Å². The number of hydrogen-bond donors (Lipinski definition) is 2. The summed E-state index contributed by atoms with van der Waals surface area (Å²) >= 11 is 0. The third kappa shape index (κ3) is 4.87. The topological polar surface area (TPSA) is 68.5 Å². The number of aromatic nitrogens is 2. The molecule has 0 aliphatic heterocycles. The lowest BCUT2D eigenvalue weighted by Gasteiger charge is -2.22. The van der Waals surface area contributed by atoms with Crippen LogP contribution in [0.4, 0.5) is 0 Å². The minimum absolute atomic E-state index is 0.187. The standard InChI is InChI=1S/C25H27N3O3/c1-28-14-13-26-25(28)24(19-9-5-10-21(15-19)30-2)27-16-20(29)17-31-23-12-6-8-18-7-3-4-11-22(18)23/h3-15,20,24,27,29H,16-17H2,1-2H3. The van der Waals surface area contributed by atoms with Crippen LogP contribution in [0.1, 0.15) is 17.4 Å². The maximum atomic E-state index is 10.6. The van der Waals surface area contributed by atoms with Crippen LogP contribution in [0.3, 0.4) is 0 Å². The summed E-state index contributed by atoms with van der Waals surface area (Å²) in [4.78, 5) is 4.50. The Morgan fingerprint density at radius 3 is 2.68 bits per heavy atom. The molecule has 2 unspecified atom stereocenters.